The number of aromatic nitrogens is 1. The summed E-state index contributed by atoms with van der Waals surface area (Å²) in [5.74, 6) is -0.726. The van der Waals surface area contributed by atoms with E-state index in [0.717, 1.165) is 37.2 Å². The second-order valence-corrected chi connectivity index (χ2v) is 11.6. The molecule has 5 rings (SSSR count). The van der Waals surface area contributed by atoms with Crippen molar-refractivity contribution in [2.45, 2.75) is 47.1 Å². The molecule has 2 fully saturated rings. The zero-order valence-electron chi connectivity index (χ0n) is 25.9. The first-order valence-corrected chi connectivity index (χ1v) is 15.3. The quantitative estimate of drug-likeness (QED) is 0.334. The van der Waals surface area contributed by atoms with Crippen LogP contribution in [0.4, 0.5) is 10.1 Å². The van der Waals surface area contributed by atoms with E-state index in [-0.39, 0.29) is 35.6 Å². The summed E-state index contributed by atoms with van der Waals surface area (Å²) in [6, 6.07) is 10.2. The molecule has 1 aliphatic heterocycles. The third-order valence-corrected chi connectivity index (χ3v) is 8.38. The van der Waals surface area contributed by atoms with Gasteiger partial charge in [0.05, 0.1) is 13.2 Å². The van der Waals surface area contributed by atoms with Gasteiger partial charge in [0.15, 0.2) is 11.6 Å². The number of rotatable bonds is 11. The number of morpholine rings is 1. The van der Waals surface area contributed by atoms with Gasteiger partial charge in [-0.3, -0.25) is 19.3 Å². The molecule has 0 bridgehead atoms. The smallest absolute Gasteiger partial charge is 0.253 e. The first-order chi connectivity index (χ1) is 21.2. The Bertz CT molecular complexity index is 1590. The molecule has 0 radical (unpaired) electrons. The largest absolute Gasteiger partial charge is 0.489 e. The average Bonchev–Trinajstić information content (AvgIpc) is 3.85. The van der Waals surface area contributed by atoms with Gasteiger partial charge in [-0.25, -0.2) is 4.39 Å². The van der Waals surface area contributed by atoms with E-state index in [1.54, 1.807) is 23.1 Å². The molecule has 2 N–H and O–H groups in total. The zero-order valence-corrected chi connectivity index (χ0v) is 25.9. The van der Waals surface area contributed by atoms with Crippen LogP contribution in [0.25, 0.3) is 11.1 Å². The highest BCUT2D eigenvalue weighted by Crippen LogP contribution is 2.37. The normalized spacial score (nSPS) is 15.2. The number of amides is 2. The van der Waals surface area contributed by atoms with Crippen LogP contribution in [-0.2, 0) is 16.1 Å². The van der Waals surface area contributed by atoms with Crippen LogP contribution in [0.2, 0.25) is 0 Å². The summed E-state index contributed by atoms with van der Waals surface area (Å²) in [6.07, 6.45) is 1.70. The highest BCUT2D eigenvalue weighted by atomic mass is 19.1. The second kappa shape index (κ2) is 13.7. The maximum absolute atomic E-state index is 15.3. The molecule has 1 saturated heterocycles. The van der Waals surface area contributed by atoms with Crippen molar-refractivity contribution in [1.82, 2.24) is 15.2 Å². The van der Waals surface area contributed by atoms with E-state index in [2.05, 4.69) is 15.2 Å². The molecule has 44 heavy (non-hydrogen) atoms. The Balaban J connectivity index is 1.43. The number of carbonyl (C=O) groups excluding carboxylic acids is 2. The Morgan fingerprint density at radius 1 is 1.09 bits per heavy atom. The van der Waals surface area contributed by atoms with Gasteiger partial charge in [0.25, 0.3) is 11.5 Å². The minimum atomic E-state index is -0.506. The number of pyridine rings is 1. The standard InChI is InChI=1S/C34H41FN4O5/c1-5-39(34(42)24-6-7-24)30-19-26(25-8-9-31(29(35)18-25)44-15-12-38-10-13-43-14-11-38)17-27(23(30)4)32(40)36-20-28-21(2)16-22(3)37-33(28)41/h8-9,16-19,24H,5-7,10-15,20H2,1-4H3,(H,36,40)(H,37,41). The van der Waals surface area contributed by atoms with Crippen LogP contribution in [0.5, 0.6) is 5.75 Å². The summed E-state index contributed by atoms with van der Waals surface area (Å²) in [5, 5.41) is 2.89. The lowest BCUT2D eigenvalue weighted by Crippen LogP contribution is -2.38. The van der Waals surface area contributed by atoms with Crippen molar-refractivity contribution in [2.24, 2.45) is 5.92 Å². The number of anilines is 1. The van der Waals surface area contributed by atoms with Crippen molar-refractivity contribution >= 4 is 17.5 Å². The van der Waals surface area contributed by atoms with E-state index in [1.165, 1.54) is 6.07 Å². The topological polar surface area (TPSA) is 104 Å². The van der Waals surface area contributed by atoms with Crippen LogP contribution in [0.3, 0.4) is 0 Å². The van der Waals surface area contributed by atoms with E-state index in [1.807, 2.05) is 39.8 Å². The van der Waals surface area contributed by atoms with Crippen LogP contribution in [0.1, 0.15) is 52.5 Å². The molecule has 0 atom stereocenters. The second-order valence-electron chi connectivity index (χ2n) is 11.6. The van der Waals surface area contributed by atoms with Crippen molar-refractivity contribution < 1.29 is 23.5 Å². The predicted molar refractivity (Wildman–Crippen MR) is 168 cm³/mol. The van der Waals surface area contributed by atoms with Crippen LogP contribution in [0.15, 0.2) is 41.2 Å². The first-order valence-electron chi connectivity index (χ1n) is 15.3. The predicted octanol–water partition coefficient (Wildman–Crippen LogP) is 4.51. The Labute approximate surface area is 257 Å². The van der Waals surface area contributed by atoms with Gasteiger partial charge in [0.1, 0.15) is 6.61 Å². The molecule has 0 unspecified atom stereocenters. The molecular weight excluding hydrogens is 563 g/mol. The minimum absolute atomic E-state index is 0.0159. The number of nitrogens with one attached hydrogen (secondary N) is 2. The number of aryl methyl sites for hydroxylation is 2. The van der Waals surface area contributed by atoms with Crippen LogP contribution in [-0.4, -0.2) is 67.7 Å². The lowest BCUT2D eigenvalue weighted by Gasteiger charge is -2.26. The van der Waals surface area contributed by atoms with Gasteiger partial charge in [-0.1, -0.05) is 6.07 Å². The van der Waals surface area contributed by atoms with Crippen LogP contribution >= 0.6 is 0 Å². The fraction of sp³-hybridized carbons (Fsp3) is 0.441. The molecule has 1 saturated carbocycles. The van der Waals surface area contributed by atoms with Gasteiger partial charge < -0.3 is 24.7 Å². The maximum Gasteiger partial charge on any atom is 0.253 e. The Kier molecular flexibility index (Phi) is 9.80. The molecule has 2 heterocycles. The monoisotopic (exact) mass is 604 g/mol. The first kappa shape index (κ1) is 31.4. The highest BCUT2D eigenvalue weighted by molar-refractivity contribution is 6.03. The number of benzene rings is 2. The summed E-state index contributed by atoms with van der Waals surface area (Å²) in [6.45, 7) is 11.9. The summed E-state index contributed by atoms with van der Waals surface area (Å²) in [7, 11) is 0. The lowest BCUT2D eigenvalue weighted by atomic mass is 9.96. The number of hydrogen-bond donors (Lipinski definition) is 2. The number of H-pyrrole nitrogens is 1. The SMILES string of the molecule is CCN(C(=O)C1CC1)c1cc(-c2ccc(OCCN3CCOCC3)c(F)c2)cc(C(=O)NCc2c(C)cc(C)[nH]c2=O)c1C. The Morgan fingerprint density at radius 3 is 2.50 bits per heavy atom. The summed E-state index contributed by atoms with van der Waals surface area (Å²) in [4.78, 5) is 46.1. The van der Waals surface area contributed by atoms with Gasteiger partial charge in [-0.05, 0) is 93.1 Å². The number of halogens is 1. The molecule has 2 amide bonds. The third kappa shape index (κ3) is 7.19. The minimum Gasteiger partial charge on any atom is -0.489 e. The summed E-state index contributed by atoms with van der Waals surface area (Å²) >= 11 is 0. The maximum atomic E-state index is 15.3. The van der Waals surface area contributed by atoms with Crippen molar-refractivity contribution in [3.8, 4) is 16.9 Å². The van der Waals surface area contributed by atoms with Crippen LogP contribution < -0.4 is 20.5 Å². The van der Waals surface area contributed by atoms with Crippen molar-refractivity contribution in [3.05, 3.63) is 80.5 Å². The van der Waals surface area contributed by atoms with E-state index >= 15 is 4.39 Å². The molecular formula is C34H41FN4O5. The molecule has 10 heteroatoms. The fourth-order valence-electron chi connectivity index (χ4n) is 5.65. The van der Waals surface area contributed by atoms with Gasteiger partial charge in [-0.15, -0.1) is 0 Å². The van der Waals surface area contributed by atoms with E-state index < -0.39 is 5.82 Å². The van der Waals surface area contributed by atoms with E-state index in [9.17, 15) is 14.4 Å². The molecule has 9 nitrogen and oxygen atoms in total. The molecule has 1 aliphatic carbocycles. The molecule has 0 spiro atoms. The molecule has 3 aromatic rings. The Morgan fingerprint density at radius 2 is 1.84 bits per heavy atom. The molecule has 2 aliphatic rings. The zero-order chi connectivity index (χ0) is 31.4. The third-order valence-electron chi connectivity index (χ3n) is 8.38. The average molecular weight is 605 g/mol. The number of carbonyl (C=O) groups is 2. The number of nitrogens with zero attached hydrogens (tertiary/aromatic N) is 2. The van der Waals surface area contributed by atoms with Gasteiger partial charge in [-0.2, -0.15) is 0 Å². The van der Waals surface area contributed by atoms with Crippen molar-refractivity contribution in [2.75, 3.05) is 50.9 Å². The number of aromatic amines is 1. The lowest BCUT2D eigenvalue weighted by molar-refractivity contribution is -0.119. The molecule has 234 valence electrons. The fourth-order valence-corrected chi connectivity index (χ4v) is 5.65. The van der Waals surface area contributed by atoms with Crippen molar-refractivity contribution in [3.63, 3.8) is 0 Å². The number of hydrogen-bond acceptors (Lipinski definition) is 6. The van der Waals surface area contributed by atoms with Gasteiger partial charge in [0, 0.05) is 61.1 Å². The number of ether oxygens (including phenoxy) is 2. The van der Waals surface area contributed by atoms with Crippen LogP contribution in [0, 0.1) is 32.5 Å². The van der Waals surface area contributed by atoms with E-state index in [0.29, 0.717) is 66.4 Å². The highest BCUT2D eigenvalue weighted by Gasteiger charge is 2.34. The molecule has 1 aromatic heterocycles. The van der Waals surface area contributed by atoms with Gasteiger partial charge in [0.2, 0.25) is 5.91 Å². The summed E-state index contributed by atoms with van der Waals surface area (Å²) in [5.41, 5.74) is 4.52. The van der Waals surface area contributed by atoms with Crippen molar-refractivity contribution in [1.29, 1.82) is 0 Å². The van der Waals surface area contributed by atoms with Gasteiger partial charge >= 0.3 is 0 Å². The molecule has 2 aromatic carbocycles. The van der Waals surface area contributed by atoms with E-state index in [4.69, 9.17) is 9.47 Å². The summed E-state index contributed by atoms with van der Waals surface area (Å²) < 4.78 is 26.4. The Hall–Kier alpha value is -4.02.